The first-order chi connectivity index (χ1) is 14.6. The fraction of sp³-hybridized carbons (Fsp3) is 0.850. The molecule has 32 heavy (non-hydrogen) atoms. The molecule has 2 unspecified atom stereocenters. The van der Waals surface area contributed by atoms with Gasteiger partial charge in [-0.05, 0) is 6.42 Å². The molecule has 1 N–H and O–H groups in total. The summed E-state index contributed by atoms with van der Waals surface area (Å²) in [4.78, 5) is 35.7. The molecule has 10 nitrogen and oxygen atoms in total. The van der Waals surface area contributed by atoms with E-state index in [-0.39, 0.29) is 36.0 Å². The summed E-state index contributed by atoms with van der Waals surface area (Å²) in [5.41, 5.74) is -1.44. The molecule has 0 bridgehead atoms. The largest absolute Gasteiger partial charge is 1.00 e. The van der Waals surface area contributed by atoms with Crippen LogP contribution in [0.2, 0.25) is 0 Å². The average Bonchev–Trinajstić information content (AvgIpc) is 2.78. The first-order valence-electron chi connectivity index (χ1n) is 10.7. The minimum atomic E-state index is -5.13. The number of unbranched alkanes of at least 4 members (excludes halogenated alkanes) is 7. The molecule has 2 atom stereocenters. The van der Waals surface area contributed by atoms with Gasteiger partial charge in [0, 0.05) is 6.42 Å². The minimum Gasteiger partial charge on any atom is -0.747 e. The number of cyclic esters (lactones) is 2. The minimum absolute atomic E-state index is 0. The van der Waals surface area contributed by atoms with Gasteiger partial charge in [0.15, 0.2) is 5.25 Å². The summed E-state index contributed by atoms with van der Waals surface area (Å²) in [5.74, 6) is -3.01. The van der Waals surface area contributed by atoms with E-state index in [2.05, 4.69) is 6.92 Å². The van der Waals surface area contributed by atoms with E-state index in [1.54, 1.807) is 0 Å². The van der Waals surface area contributed by atoms with E-state index in [0.717, 1.165) is 19.3 Å². The van der Waals surface area contributed by atoms with Crippen molar-refractivity contribution in [3.8, 4) is 0 Å². The molecule has 1 heterocycles. The van der Waals surface area contributed by atoms with Crippen molar-refractivity contribution in [2.75, 3.05) is 26.4 Å². The molecule has 0 aromatic carbocycles. The second kappa shape index (κ2) is 16.0. The van der Waals surface area contributed by atoms with Gasteiger partial charge < -0.3 is 23.9 Å². The van der Waals surface area contributed by atoms with Crippen LogP contribution in [0.4, 0.5) is 0 Å². The number of rotatable bonds is 13. The number of aliphatic hydroxyl groups is 1. The monoisotopic (exact) mass is 488 g/mol. The van der Waals surface area contributed by atoms with Crippen molar-refractivity contribution < 1.29 is 76.2 Å². The second-order valence-electron chi connectivity index (χ2n) is 8.00. The Morgan fingerprint density at radius 2 is 1.66 bits per heavy atom. The van der Waals surface area contributed by atoms with Gasteiger partial charge in [-0.3, -0.25) is 14.4 Å². The number of ether oxygens (including phenoxy) is 3. The Hall–Kier alpha value is -0.720. The maximum absolute atomic E-state index is 12.0. The van der Waals surface area contributed by atoms with Crippen LogP contribution in [0, 0.1) is 5.41 Å². The molecule has 12 heteroatoms. The summed E-state index contributed by atoms with van der Waals surface area (Å²) in [6, 6.07) is 0. The Morgan fingerprint density at radius 1 is 1.09 bits per heavy atom. The van der Waals surface area contributed by atoms with E-state index in [0.29, 0.717) is 6.42 Å². The van der Waals surface area contributed by atoms with Gasteiger partial charge in [0.2, 0.25) is 0 Å². The molecule has 0 amide bonds. The molecule has 1 fully saturated rings. The second-order valence-corrected chi connectivity index (χ2v) is 9.55. The average molecular weight is 489 g/mol. The number of carbonyl (C=O) groups excluding carboxylic acids is 3. The summed E-state index contributed by atoms with van der Waals surface area (Å²) < 4.78 is 48.5. The van der Waals surface area contributed by atoms with E-state index in [1.807, 2.05) is 0 Å². The van der Waals surface area contributed by atoms with Crippen LogP contribution in [0.3, 0.4) is 0 Å². The maximum Gasteiger partial charge on any atom is 1.00 e. The van der Waals surface area contributed by atoms with Crippen molar-refractivity contribution in [2.45, 2.75) is 76.4 Å². The third kappa shape index (κ3) is 11.9. The zero-order valence-corrected chi connectivity index (χ0v) is 21.8. The van der Waals surface area contributed by atoms with E-state index >= 15 is 0 Å². The Labute approximate surface area is 211 Å². The van der Waals surface area contributed by atoms with Crippen molar-refractivity contribution in [1.29, 1.82) is 0 Å². The van der Waals surface area contributed by atoms with Crippen molar-refractivity contribution in [3.63, 3.8) is 0 Å². The molecule has 0 radical (unpaired) electrons. The molecular weight excluding hydrogens is 455 g/mol. The first kappa shape index (κ1) is 31.3. The number of hydrogen-bond acceptors (Lipinski definition) is 10. The van der Waals surface area contributed by atoms with Gasteiger partial charge in [-0.15, -0.1) is 0 Å². The summed E-state index contributed by atoms with van der Waals surface area (Å²) in [7, 11) is -5.13. The molecule has 0 aromatic heterocycles. The van der Waals surface area contributed by atoms with Crippen molar-refractivity contribution in [2.24, 2.45) is 5.41 Å². The predicted molar refractivity (Wildman–Crippen MR) is 108 cm³/mol. The van der Waals surface area contributed by atoms with Gasteiger partial charge >= 0.3 is 47.5 Å². The van der Waals surface area contributed by atoms with Crippen LogP contribution in [0.5, 0.6) is 0 Å². The van der Waals surface area contributed by atoms with E-state index < -0.39 is 71.5 Å². The van der Waals surface area contributed by atoms with Crippen LogP contribution in [-0.4, -0.2) is 67.7 Å². The van der Waals surface area contributed by atoms with Crippen molar-refractivity contribution >= 4 is 28.0 Å². The normalized spacial score (nSPS) is 21.9. The summed E-state index contributed by atoms with van der Waals surface area (Å²) in [6.45, 7) is 0.0630. The fourth-order valence-electron chi connectivity index (χ4n) is 3.04. The Bertz CT molecular complexity index is 696. The number of esters is 3. The molecule has 0 spiro atoms. The molecule has 0 aliphatic carbocycles. The number of hydrogen-bond donors (Lipinski definition) is 1. The third-order valence-corrected chi connectivity index (χ3v) is 6.19. The predicted octanol–water partition coefficient (Wildman–Crippen LogP) is -1.55. The van der Waals surface area contributed by atoms with Gasteiger partial charge in [-0.1, -0.05) is 51.9 Å². The van der Waals surface area contributed by atoms with Crippen LogP contribution >= 0.6 is 0 Å². The van der Waals surface area contributed by atoms with Crippen LogP contribution in [-0.2, 0) is 38.7 Å². The molecule has 1 aliphatic heterocycles. The molecule has 0 aromatic rings. The SMILES string of the molecule is CCCCCCCCCCC(=O)OCC1(CO)COC(=O)CC(S(=O)(=O)[O-])C(=O)OC1.[Na+]. The molecule has 1 aliphatic rings. The third-order valence-electron chi connectivity index (χ3n) is 5.13. The molecule has 0 saturated carbocycles. The van der Waals surface area contributed by atoms with Crippen molar-refractivity contribution in [1.82, 2.24) is 0 Å². The summed E-state index contributed by atoms with van der Waals surface area (Å²) >= 11 is 0. The van der Waals surface area contributed by atoms with Crippen molar-refractivity contribution in [3.05, 3.63) is 0 Å². The van der Waals surface area contributed by atoms with Gasteiger partial charge in [0.05, 0.1) is 18.4 Å². The number of aliphatic hydroxyl groups excluding tert-OH is 1. The molecular formula is C20H33NaO10S. The van der Waals surface area contributed by atoms with Crippen LogP contribution < -0.4 is 29.6 Å². The number of carbonyl (C=O) groups is 3. The Balaban J connectivity index is 0.00000961. The summed E-state index contributed by atoms with van der Waals surface area (Å²) in [5, 5.41) is 7.52. The first-order valence-corrected chi connectivity index (χ1v) is 12.1. The van der Waals surface area contributed by atoms with Gasteiger partial charge in [-0.25, -0.2) is 8.42 Å². The van der Waals surface area contributed by atoms with E-state index in [1.165, 1.54) is 25.7 Å². The van der Waals surface area contributed by atoms with Gasteiger partial charge in [0.25, 0.3) is 0 Å². The van der Waals surface area contributed by atoms with Gasteiger partial charge in [0.1, 0.15) is 29.9 Å². The molecule has 1 saturated heterocycles. The van der Waals surface area contributed by atoms with E-state index in [4.69, 9.17) is 14.2 Å². The standard InChI is InChI=1S/C20H34O10S.Na/c1-2-3-4-5-6-7-8-9-10-17(22)28-13-20(12-21)14-29-18(23)11-16(31(25,26)27)19(24)30-15-20;/h16,21H,2-15H2,1H3,(H,25,26,27);/q;+1/p-1. The van der Waals surface area contributed by atoms with Gasteiger partial charge in [-0.2, -0.15) is 0 Å². The zero-order valence-electron chi connectivity index (χ0n) is 19.0. The zero-order chi connectivity index (χ0) is 23.3. The molecule has 180 valence electrons. The summed E-state index contributed by atoms with van der Waals surface area (Å²) in [6.07, 6.45) is 7.75. The topological polar surface area (TPSA) is 156 Å². The maximum atomic E-state index is 12.0. The Morgan fingerprint density at radius 3 is 2.22 bits per heavy atom. The molecule has 1 rings (SSSR count). The van der Waals surface area contributed by atoms with E-state index in [9.17, 15) is 32.5 Å². The smallest absolute Gasteiger partial charge is 0.747 e. The fourth-order valence-corrected chi connectivity index (χ4v) is 3.68. The quantitative estimate of drug-likeness (QED) is 0.106. The van der Waals surface area contributed by atoms with Crippen LogP contribution in [0.1, 0.15) is 71.1 Å². The van der Waals surface area contributed by atoms with Crippen LogP contribution in [0.15, 0.2) is 0 Å². The van der Waals surface area contributed by atoms with Crippen LogP contribution in [0.25, 0.3) is 0 Å². The Kier molecular flexibility index (Phi) is 15.6.